The lowest BCUT2D eigenvalue weighted by Crippen LogP contribution is -1.98. The maximum atomic E-state index is 10.4. The molecule has 0 aliphatic carbocycles. The van der Waals surface area contributed by atoms with Crippen molar-refractivity contribution in [1.29, 1.82) is 0 Å². The molecule has 0 aliphatic heterocycles. The van der Waals surface area contributed by atoms with Crippen LogP contribution in [0.2, 0.25) is 0 Å². The number of carbonyl (C=O) groups is 1. The van der Waals surface area contributed by atoms with Crippen LogP contribution in [-0.4, -0.2) is 11.1 Å². The van der Waals surface area contributed by atoms with E-state index in [1.54, 1.807) is 0 Å². The van der Waals surface area contributed by atoms with Gasteiger partial charge in [0.1, 0.15) is 0 Å². The molecule has 0 bridgehead atoms. The second-order valence-electron chi connectivity index (χ2n) is 5.49. The Morgan fingerprint density at radius 3 is 2.25 bits per heavy atom. The highest BCUT2D eigenvalue weighted by molar-refractivity contribution is 7.59. The standard InChI is InChI=1S/C17H26O2.H2S/c1-3-14(2)13-16-11-9-15(10-12-16)7-5-4-6-8-17(18)19;/h9-12,14H,3-8,13H2,1-2H3,(H,18,19);1H2/t14-;/m1./s1. The molecule has 0 aromatic heterocycles. The molecule has 20 heavy (non-hydrogen) atoms. The summed E-state index contributed by atoms with van der Waals surface area (Å²) in [6.07, 6.45) is 6.62. The zero-order chi connectivity index (χ0) is 14.1. The van der Waals surface area contributed by atoms with Crippen LogP contribution in [0, 0.1) is 5.92 Å². The van der Waals surface area contributed by atoms with Crippen molar-refractivity contribution in [2.45, 2.75) is 58.8 Å². The van der Waals surface area contributed by atoms with Crippen molar-refractivity contribution < 1.29 is 9.90 Å². The van der Waals surface area contributed by atoms with Gasteiger partial charge in [-0.25, -0.2) is 0 Å². The van der Waals surface area contributed by atoms with E-state index < -0.39 is 5.97 Å². The molecule has 1 aromatic rings. The van der Waals surface area contributed by atoms with Crippen molar-refractivity contribution in [3.63, 3.8) is 0 Å². The molecule has 0 radical (unpaired) electrons. The van der Waals surface area contributed by atoms with Crippen LogP contribution in [0.1, 0.15) is 57.1 Å². The van der Waals surface area contributed by atoms with Gasteiger partial charge in [-0.05, 0) is 42.7 Å². The van der Waals surface area contributed by atoms with Crippen molar-refractivity contribution in [2.24, 2.45) is 5.92 Å². The molecule has 0 fully saturated rings. The Balaban J connectivity index is 0.00000361. The number of hydrogen-bond acceptors (Lipinski definition) is 1. The average Bonchev–Trinajstić information content (AvgIpc) is 2.39. The molecule has 1 rings (SSSR count). The Hall–Kier alpha value is -0.960. The number of unbranched alkanes of at least 4 members (excludes halogenated alkanes) is 2. The van der Waals surface area contributed by atoms with Crippen LogP contribution in [0.5, 0.6) is 0 Å². The van der Waals surface area contributed by atoms with E-state index in [4.69, 9.17) is 5.11 Å². The highest BCUT2D eigenvalue weighted by atomic mass is 32.1. The monoisotopic (exact) mass is 296 g/mol. The fourth-order valence-electron chi connectivity index (χ4n) is 2.17. The zero-order valence-electron chi connectivity index (χ0n) is 12.7. The predicted molar refractivity (Wildman–Crippen MR) is 89.8 cm³/mol. The van der Waals surface area contributed by atoms with Gasteiger partial charge in [0.2, 0.25) is 0 Å². The van der Waals surface area contributed by atoms with Crippen LogP contribution in [0.4, 0.5) is 0 Å². The van der Waals surface area contributed by atoms with Gasteiger partial charge in [-0.2, -0.15) is 13.5 Å². The first kappa shape index (κ1) is 19.0. The lowest BCUT2D eigenvalue weighted by molar-refractivity contribution is -0.137. The fraction of sp³-hybridized carbons (Fsp3) is 0.588. The number of aryl methyl sites for hydroxylation is 1. The van der Waals surface area contributed by atoms with E-state index in [0.717, 1.165) is 38.0 Å². The van der Waals surface area contributed by atoms with Crippen molar-refractivity contribution >= 4 is 19.5 Å². The van der Waals surface area contributed by atoms with E-state index in [1.165, 1.54) is 17.5 Å². The average molecular weight is 296 g/mol. The van der Waals surface area contributed by atoms with E-state index in [1.807, 2.05) is 0 Å². The lowest BCUT2D eigenvalue weighted by Gasteiger charge is -2.09. The molecule has 3 heteroatoms. The number of aliphatic carboxylic acids is 1. The molecule has 0 saturated carbocycles. The third-order valence-corrected chi connectivity index (χ3v) is 3.66. The largest absolute Gasteiger partial charge is 0.481 e. The first-order valence-corrected chi connectivity index (χ1v) is 7.41. The SMILES string of the molecule is CC[C@@H](C)Cc1ccc(CCCCCC(=O)O)cc1.S. The van der Waals surface area contributed by atoms with Gasteiger partial charge >= 0.3 is 5.97 Å². The number of hydrogen-bond donors (Lipinski definition) is 1. The summed E-state index contributed by atoms with van der Waals surface area (Å²) in [4.78, 5) is 10.4. The molecule has 0 spiro atoms. The summed E-state index contributed by atoms with van der Waals surface area (Å²) in [5.41, 5.74) is 2.78. The molecule has 0 heterocycles. The first-order valence-electron chi connectivity index (χ1n) is 7.41. The quantitative estimate of drug-likeness (QED) is 0.677. The van der Waals surface area contributed by atoms with Gasteiger partial charge in [-0.3, -0.25) is 4.79 Å². The van der Waals surface area contributed by atoms with Crippen molar-refractivity contribution in [2.75, 3.05) is 0 Å². The summed E-state index contributed by atoms with van der Waals surface area (Å²) in [5.74, 6) is 0.0660. The molecule has 2 nitrogen and oxygen atoms in total. The Labute approximate surface area is 130 Å². The maximum Gasteiger partial charge on any atom is 0.303 e. The third-order valence-electron chi connectivity index (χ3n) is 3.66. The second kappa shape index (κ2) is 10.8. The molecule has 0 aliphatic rings. The molecule has 114 valence electrons. The number of carboxylic acid groups (broad SMARTS) is 1. The molecule has 1 atom stereocenters. The summed E-state index contributed by atoms with van der Waals surface area (Å²) in [7, 11) is 0. The molecule has 0 amide bonds. The van der Waals surface area contributed by atoms with Gasteiger partial charge < -0.3 is 5.11 Å². The predicted octanol–water partition coefficient (Wildman–Crippen LogP) is 4.58. The van der Waals surface area contributed by atoms with Gasteiger partial charge in [0, 0.05) is 6.42 Å². The van der Waals surface area contributed by atoms with Gasteiger partial charge in [-0.1, -0.05) is 51.0 Å². The van der Waals surface area contributed by atoms with Gasteiger partial charge in [0.05, 0.1) is 0 Å². The van der Waals surface area contributed by atoms with Crippen LogP contribution in [0.3, 0.4) is 0 Å². The van der Waals surface area contributed by atoms with E-state index in [9.17, 15) is 4.79 Å². The Kier molecular flexibility index (Phi) is 10.3. The summed E-state index contributed by atoms with van der Waals surface area (Å²) in [6, 6.07) is 8.90. The number of carboxylic acids is 1. The highest BCUT2D eigenvalue weighted by Gasteiger charge is 2.01. The summed E-state index contributed by atoms with van der Waals surface area (Å²) in [6.45, 7) is 4.52. The molecular formula is C17H28O2S. The number of benzene rings is 1. The summed E-state index contributed by atoms with van der Waals surface area (Å²) < 4.78 is 0. The smallest absolute Gasteiger partial charge is 0.303 e. The van der Waals surface area contributed by atoms with Crippen LogP contribution in [0.15, 0.2) is 24.3 Å². The van der Waals surface area contributed by atoms with Gasteiger partial charge in [0.25, 0.3) is 0 Å². The molecular weight excluding hydrogens is 268 g/mol. The minimum absolute atomic E-state index is 0. The summed E-state index contributed by atoms with van der Waals surface area (Å²) >= 11 is 0. The summed E-state index contributed by atoms with van der Waals surface area (Å²) in [5, 5.41) is 8.55. The fourth-order valence-corrected chi connectivity index (χ4v) is 2.17. The van der Waals surface area contributed by atoms with Crippen LogP contribution in [-0.2, 0) is 17.6 Å². The minimum atomic E-state index is -0.686. The van der Waals surface area contributed by atoms with E-state index in [2.05, 4.69) is 38.1 Å². The topological polar surface area (TPSA) is 37.3 Å². The Morgan fingerprint density at radius 1 is 1.10 bits per heavy atom. The van der Waals surface area contributed by atoms with E-state index in [-0.39, 0.29) is 13.5 Å². The molecule has 1 N–H and O–H groups in total. The first-order chi connectivity index (χ1) is 9.11. The van der Waals surface area contributed by atoms with Crippen LogP contribution >= 0.6 is 13.5 Å². The highest BCUT2D eigenvalue weighted by Crippen LogP contribution is 2.14. The van der Waals surface area contributed by atoms with Gasteiger partial charge in [0.15, 0.2) is 0 Å². The van der Waals surface area contributed by atoms with Gasteiger partial charge in [-0.15, -0.1) is 0 Å². The minimum Gasteiger partial charge on any atom is -0.481 e. The van der Waals surface area contributed by atoms with Crippen molar-refractivity contribution in [3.05, 3.63) is 35.4 Å². The Morgan fingerprint density at radius 2 is 1.70 bits per heavy atom. The van der Waals surface area contributed by atoms with E-state index >= 15 is 0 Å². The Bertz CT molecular complexity index is 373. The lowest BCUT2D eigenvalue weighted by atomic mass is 9.97. The van der Waals surface area contributed by atoms with Crippen LogP contribution in [0.25, 0.3) is 0 Å². The molecule has 0 saturated heterocycles. The second-order valence-corrected chi connectivity index (χ2v) is 5.49. The van der Waals surface area contributed by atoms with E-state index in [0.29, 0.717) is 6.42 Å². The zero-order valence-corrected chi connectivity index (χ0v) is 13.7. The third kappa shape index (κ3) is 8.26. The molecule has 0 unspecified atom stereocenters. The number of rotatable bonds is 9. The van der Waals surface area contributed by atoms with Crippen molar-refractivity contribution in [1.82, 2.24) is 0 Å². The van der Waals surface area contributed by atoms with Crippen molar-refractivity contribution in [3.8, 4) is 0 Å². The molecule has 1 aromatic carbocycles. The normalized spacial score (nSPS) is 11.7. The van der Waals surface area contributed by atoms with Crippen LogP contribution < -0.4 is 0 Å². The maximum absolute atomic E-state index is 10.4.